The molecule has 0 unspecified atom stereocenters. The summed E-state index contributed by atoms with van der Waals surface area (Å²) < 4.78 is 15.7. The number of nitrogens with zero attached hydrogens (tertiary/aromatic N) is 1. The molecule has 0 aliphatic rings. The predicted octanol–water partition coefficient (Wildman–Crippen LogP) is 2.31. The molecule has 0 aliphatic heterocycles. The molecule has 4 nitrogen and oxygen atoms in total. The van der Waals surface area contributed by atoms with E-state index in [1.165, 1.54) is 0 Å². The normalized spacial score (nSPS) is 9.31. The standard InChI is InChI=1S/C6H16O3Si.C4H7NS/c1-4-7-10(8-5-2)9-6-3;1-2-3-5-4-6/h10H,4-6H2,1-3H3;2-3H2,1H3. The van der Waals surface area contributed by atoms with Crippen LogP contribution in [0.1, 0.15) is 34.1 Å². The van der Waals surface area contributed by atoms with Gasteiger partial charge < -0.3 is 13.3 Å². The Morgan fingerprint density at radius 3 is 1.62 bits per heavy atom. The molecule has 0 atom stereocenters. The van der Waals surface area contributed by atoms with Crippen LogP contribution in [0.5, 0.6) is 0 Å². The predicted molar refractivity (Wildman–Crippen MR) is 72.2 cm³/mol. The van der Waals surface area contributed by atoms with Crippen molar-refractivity contribution in [2.24, 2.45) is 4.99 Å². The maximum absolute atomic E-state index is 5.22. The van der Waals surface area contributed by atoms with Crippen LogP contribution in [0.25, 0.3) is 0 Å². The molecular weight excluding hydrogens is 242 g/mol. The van der Waals surface area contributed by atoms with Crippen LogP contribution >= 0.6 is 12.2 Å². The molecule has 0 saturated carbocycles. The number of aliphatic imine (C=N–C) groups is 1. The van der Waals surface area contributed by atoms with E-state index in [1.54, 1.807) is 0 Å². The quantitative estimate of drug-likeness (QED) is 0.383. The number of hydrogen-bond acceptors (Lipinski definition) is 5. The second kappa shape index (κ2) is 17.3. The Bertz CT molecular complexity index is 163. The van der Waals surface area contributed by atoms with Crippen LogP contribution in [0.4, 0.5) is 0 Å². The largest absolute Gasteiger partial charge is 0.484 e. The molecule has 6 heteroatoms. The maximum Gasteiger partial charge on any atom is 0.484 e. The second-order valence-electron chi connectivity index (χ2n) is 2.63. The first kappa shape index (κ1) is 18.3. The minimum absolute atomic E-state index is 0.677. The van der Waals surface area contributed by atoms with Crippen molar-refractivity contribution < 1.29 is 13.3 Å². The van der Waals surface area contributed by atoms with Gasteiger partial charge in [0.05, 0.1) is 5.16 Å². The van der Waals surface area contributed by atoms with Crippen LogP contribution in [-0.2, 0) is 13.3 Å². The topological polar surface area (TPSA) is 40.0 Å². The maximum atomic E-state index is 5.22. The number of hydrogen-bond donors (Lipinski definition) is 0. The third-order valence-corrected chi connectivity index (χ3v) is 3.25. The monoisotopic (exact) mass is 265 g/mol. The van der Waals surface area contributed by atoms with E-state index in [1.807, 2.05) is 20.8 Å². The number of thiocarbonyl (C=S) groups is 1. The Morgan fingerprint density at radius 2 is 1.44 bits per heavy atom. The first-order chi connectivity index (χ1) is 7.76. The lowest BCUT2D eigenvalue weighted by Gasteiger charge is -2.12. The van der Waals surface area contributed by atoms with E-state index in [2.05, 4.69) is 29.3 Å². The first-order valence-electron chi connectivity index (χ1n) is 5.65. The van der Waals surface area contributed by atoms with Crippen molar-refractivity contribution in [3.8, 4) is 0 Å². The van der Waals surface area contributed by atoms with Gasteiger partial charge in [0.15, 0.2) is 0 Å². The SMILES string of the molecule is CCCN=C=S.CCO[SiH](OCC)OCC. The highest BCUT2D eigenvalue weighted by molar-refractivity contribution is 7.78. The highest BCUT2D eigenvalue weighted by Gasteiger charge is 2.11. The Kier molecular flexibility index (Phi) is 19.7. The molecule has 0 aromatic carbocycles. The van der Waals surface area contributed by atoms with Gasteiger partial charge in [-0.1, -0.05) is 6.92 Å². The summed E-state index contributed by atoms with van der Waals surface area (Å²) in [7, 11) is -1.73. The molecule has 0 aliphatic carbocycles. The first-order valence-corrected chi connectivity index (χ1v) is 7.47. The molecule has 0 spiro atoms. The van der Waals surface area contributed by atoms with Gasteiger partial charge in [-0.15, -0.1) is 0 Å². The van der Waals surface area contributed by atoms with Gasteiger partial charge in [-0.2, -0.15) is 0 Å². The van der Waals surface area contributed by atoms with Gasteiger partial charge in [0, 0.05) is 26.4 Å². The zero-order valence-electron chi connectivity index (χ0n) is 10.7. The Balaban J connectivity index is 0. The van der Waals surface area contributed by atoms with Gasteiger partial charge in [0.1, 0.15) is 0 Å². The van der Waals surface area contributed by atoms with E-state index >= 15 is 0 Å². The van der Waals surface area contributed by atoms with Crippen LogP contribution in [0.15, 0.2) is 4.99 Å². The van der Waals surface area contributed by atoms with Crippen LogP contribution in [0.3, 0.4) is 0 Å². The zero-order valence-corrected chi connectivity index (χ0v) is 12.7. The molecular formula is C10H23NO3SSi. The van der Waals surface area contributed by atoms with Crippen LogP contribution in [-0.4, -0.2) is 41.1 Å². The lowest BCUT2D eigenvalue weighted by molar-refractivity contribution is 0.107. The molecule has 0 saturated heterocycles. The minimum Gasteiger partial charge on any atom is -0.376 e. The lowest BCUT2D eigenvalue weighted by Crippen LogP contribution is -2.27. The van der Waals surface area contributed by atoms with Crippen LogP contribution in [0, 0.1) is 0 Å². The van der Waals surface area contributed by atoms with Crippen molar-refractivity contribution in [3.05, 3.63) is 0 Å². The molecule has 16 heavy (non-hydrogen) atoms. The summed E-state index contributed by atoms with van der Waals surface area (Å²) in [6.45, 7) is 10.7. The molecule has 0 aromatic rings. The van der Waals surface area contributed by atoms with Gasteiger partial charge in [0.25, 0.3) is 0 Å². The van der Waals surface area contributed by atoms with Gasteiger partial charge >= 0.3 is 9.53 Å². The lowest BCUT2D eigenvalue weighted by atomic mass is 10.5. The molecule has 0 bridgehead atoms. The van der Waals surface area contributed by atoms with Crippen molar-refractivity contribution in [1.82, 2.24) is 0 Å². The van der Waals surface area contributed by atoms with E-state index in [0.29, 0.717) is 19.8 Å². The van der Waals surface area contributed by atoms with Crippen molar-refractivity contribution in [2.45, 2.75) is 34.1 Å². The van der Waals surface area contributed by atoms with Gasteiger partial charge in [-0.25, -0.2) is 4.99 Å². The average molecular weight is 265 g/mol. The Morgan fingerprint density at radius 1 is 1.00 bits per heavy atom. The van der Waals surface area contributed by atoms with Crippen molar-refractivity contribution >= 4 is 26.9 Å². The molecule has 96 valence electrons. The van der Waals surface area contributed by atoms with Crippen molar-refractivity contribution in [3.63, 3.8) is 0 Å². The Labute approximate surface area is 106 Å². The molecule has 0 heterocycles. The molecule has 0 N–H and O–H groups in total. The van der Waals surface area contributed by atoms with Crippen molar-refractivity contribution in [1.29, 1.82) is 0 Å². The van der Waals surface area contributed by atoms with Crippen LogP contribution in [0.2, 0.25) is 0 Å². The molecule has 0 fully saturated rings. The summed E-state index contributed by atoms with van der Waals surface area (Å²) in [6.07, 6.45) is 1.06. The summed E-state index contributed by atoms with van der Waals surface area (Å²) in [5.74, 6) is 0. The van der Waals surface area contributed by atoms with E-state index in [9.17, 15) is 0 Å². The third kappa shape index (κ3) is 16.3. The average Bonchev–Trinajstić information content (AvgIpc) is 2.28. The fourth-order valence-electron chi connectivity index (χ4n) is 0.710. The smallest absolute Gasteiger partial charge is 0.376 e. The third-order valence-electron chi connectivity index (χ3n) is 1.31. The minimum atomic E-state index is -1.73. The summed E-state index contributed by atoms with van der Waals surface area (Å²) in [5.41, 5.74) is 0. The van der Waals surface area contributed by atoms with E-state index < -0.39 is 9.53 Å². The summed E-state index contributed by atoms with van der Waals surface area (Å²) in [5, 5.41) is 2.28. The molecule has 0 radical (unpaired) electrons. The van der Waals surface area contributed by atoms with Crippen molar-refractivity contribution in [2.75, 3.05) is 26.4 Å². The summed E-state index contributed by atoms with van der Waals surface area (Å²) in [6, 6.07) is 0. The fraction of sp³-hybridized carbons (Fsp3) is 0.900. The zero-order chi connectivity index (χ0) is 12.6. The van der Waals surface area contributed by atoms with Gasteiger partial charge in [-0.05, 0) is 39.4 Å². The van der Waals surface area contributed by atoms with E-state index in [-0.39, 0.29) is 0 Å². The second-order valence-corrected chi connectivity index (χ2v) is 4.39. The Hall–Kier alpha value is -0.103. The number of rotatable bonds is 8. The number of isothiocyanates is 1. The summed E-state index contributed by atoms with van der Waals surface area (Å²) >= 11 is 4.30. The molecule has 0 amide bonds. The van der Waals surface area contributed by atoms with E-state index in [0.717, 1.165) is 13.0 Å². The van der Waals surface area contributed by atoms with Gasteiger partial charge in [-0.3, -0.25) is 0 Å². The van der Waals surface area contributed by atoms with Crippen LogP contribution < -0.4 is 0 Å². The summed E-state index contributed by atoms with van der Waals surface area (Å²) in [4.78, 5) is 3.66. The molecule has 0 rings (SSSR count). The fourth-order valence-corrected chi connectivity index (χ4v) is 1.91. The van der Waals surface area contributed by atoms with Gasteiger partial charge in [0.2, 0.25) is 0 Å². The highest BCUT2D eigenvalue weighted by atomic mass is 32.1. The molecule has 0 aromatic heterocycles. The van der Waals surface area contributed by atoms with E-state index in [4.69, 9.17) is 13.3 Å². The highest BCUT2D eigenvalue weighted by Crippen LogP contribution is 1.91.